The molecule has 6 nitrogen and oxygen atoms in total. The molecule has 0 radical (unpaired) electrons. The molecule has 1 aliphatic heterocycles. The maximum Gasteiger partial charge on any atom is 0.340 e. The summed E-state index contributed by atoms with van der Waals surface area (Å²) in [5.41, 5.74) is 0.606. The van der Waals surface area contributed by atoms with E-state index in [1.807, 2.05) is 0 Å². The van der Waals surface area contributed by atoms with Gasteiger partial charge in [0.1, 0.15) is 5.15 Å². The van der Waals surface area contributed by atoms with Gasteiger partial charge in [0.05, 0.1) is 5.56 Å². The number of carbonyl (C=O) groups excluding carboxylic acids is 2. The van der Waals surface area contributed by atoms with Crippen molar-refractivity contribution in [3.05, 3.63) is 52.8 Å². The molecule has 1 aliphatic rings. The Hall–Kier alpha value is -2.60. The van der Waals surface area contributed by atoms with E-state index in [4.69, 9.17) is 25.8 Å². The van der Waals surface area contributed by atoms with Gasteiger partial charge in [0, 0.05) is 11.8 Å². The van der Waals surface area contributed by atoms with Crippen LogP contribution in [0.25, 0.3) is 0 Å². The molecular weight excluding hydrogens is 310 g/mol. The molecule has 0 bridgehead atoms. The van der Waals surface area contributed by atoms with Crippen LogP contribution in [0, 0.1) is 0 Å². The Morgan fingerprint density at radius 1 is 1.14 bits per heavy atom. The Morgan fingerprint density at radius 2 is 1.91 bits per heavy atom. The third-order valence-corrected chi connectivity index (χ3v) is 3.22. The second kappa shape index (κ2) is 6.03. The van der Waals surface area contributed by atoms with E-state index in [9.17, 15) is 9.59 Å². The normalized spacial score (nSPS) is 12.0. The molecule has 0 saturated heterocycles. The summed E-state index contributed by atoms with van der Waals surface area (Å²) < 4.78 is 15.3. The van der Waals surface area contributed by atoms with Crippen molar-refractivity contribution in [1.29, 1.82) is 0 Å². The van der Waals surface area contributed by atoms with E-state index >= 15 is 0 Å². The van der Waals surface area contributed by atoms with Crippen LogP contribution in [0.2, 0.25) is 5.15 Å². The lowest BCUT2D eigenvalue weighted by molar-refractivity contribution is 0.0474. The SMILES string of the molecule is O=C(COC(=O)c1ccc(Cl)nc1)c1ccc2c(c1)OCO2. The van der Waals surface area contributed by atoms with Gasteiger partial charge in [0.2, 0.25) is 6.79 Å². The Labute approximate surface area is 130 Å². The third-order valence-electron chi connectivity index (χ3n) is 2.99. The van der Waals surface area contributed by atoms with E-state index in [1.165, 1.54) is 18.3 Å². The van der Waals surface area contributed by atoms with Crippen LogP contribution in [0.3, 0.4) is 0 Å². The molecular formula is C15H10ClNO5. The number of carbonyl (C=O) groups is 2. The van der Waals surface area contributed by atoms with Crippen molar-refractivity contribution in [3.8, 4) is 11.5 Å². The second-order valence-corrected chi connectivity index (χ2v) is 4.82. The maximum atomic E-state index is 12.0. The van der Waals surface area contributed by atoms with Crippen molar-refractivity contribution in [2.45, 2.75) is 0 Å². The van der Waals surface area contributed by atoms with Crippen LogP contribution >= 0.6 is 11.6 Å². The minimum atomic E-state index is -0.640. The lowest BCUT2D eigenvalue weighted by atomic mass is 10.1. The second-order valence-electron chi connectivity index (χ2n) is 4.44. The molecule has 0 atom stereocenters. The number of ketones is 1. The zero-order valence-electron chi connectivity index (χ0n) is 11.2. The molecule has 1 aromatic carbocycles. The van der Waals surface area contributed by atoms with Crippen molar-refractivity contribution >= 4 is 23.4 Å². The summed E-state index contributed by atoms with van der Waals surface area (Å²) in [4.78, 5) is 27.6. The third kappa shape index (κ3) is 3.01. The van der Waals surface area contributed by atoms with Crippen LogP contribution in [0.4, 0.5) is 0 Å². The van der Waals surface area contributed by atoms with E-state index in [1.54, 1.807) is 18.2 Å². The van der Waals surface area contributed by atoms with Gasteiger partial charge >= 0.3 is 5.97 Å². The standard InChI is InChI=1S/C15H10ClNO5/c16-14-4-2-10(6-17-14)15(19)20-7-11(18)9-1-3-12-13(5-9)22-8-21-12/h1-6H,7-8H2. The van der Waals surface area contributed by atoms with Crippen molar-refractivity contribution in [1.82, 2.24) is 4.98 Å². The highest BCUT2D eigenvalue weighted by Gasteiger charge is 2.17. The van der Waals surface area contributed by atoms with Crippen LogP contribution in [0.5, 0.6) is 11.5 Å². The van der Waals surface area contributed by atoms with Gasteiger partial charge < -0.3 is 14.2 Å². The van der Waals surface area contributed by atoms with Crippen molar-refractivity contribution < 1.29 is 23.8 Å². The first-order valence-electron chi connectivity index (χ1n) is 6.35. The fraction of sp³-hybridized carbons (Fsp3) is 0.133. The van der Waals surface area contributed by atoms with Gasteiger partial charge in [-0.1, -0.05) is 11.6 Å². The monoisotopic (exact) mass is 319 g/mol. The van der Waals surface area contributed by atoms with Crippen LogP contribution in [-0.4, -0.2) is 30.1 Å². The van der Waals surface area contributed by atoms with Crippen molar-refractivity contribution in [2.75, 3.05) is 13.4 Å². The highest BCUT2D eigenvalue weighted by molar-refractivity contribution is 6.29. The van der Waals surface area contributed by atoms with Crippen molar-refractivity contribution in [2.24, 2.45) is 0 Å². The number of rotatable bonds is 4. The molecule has 2 heterocycles. The number of hydrogen-bond acceptors (Lipinski definition) is 6. The number of esters is 1. The Morgan fingerprint density at radius 3 is 2.68 bits per heavy atom. The summed E-state index contributed by atoms with van der Waals surface area (Å²) in [5.74, 6) is 0.103. The van der Waals surface area contributed by atoms with Crippen molar-refractivity contribution in [3.63, 3.8) is 0 Å². The lowest BCUT2D eigenvalue weighted by Gasteiger charge is -2.05. The van der Waals surface area contributed by atoms with Gasteiger partial charge in [0.15, 0.2) is 23.9 Å². The summed E-state index contributed by atoms with van der Waals surface area (Å²) >= 11 is 5.63. The molecule has 0 unspecified atom stereocenters. The first-order chi connectivity index (χ1) is 10.6. The molecule has 7 heteroatoms. The highest BCUT2D eigenvalue weighted by atomic mass is 35.5. The molecule has 0 amide bonds. The molecule has 22 heavy (non-hydrogen) atoms. The predicted molar refractivity (Wildman–Crippen MR) is 76.4 cm³/mol. The number of aromatic nitrogens is 1. The number of Topliss-reactive ketones (excluding diaryl/α,β-unsaturated/α-hetero) is 1. The zero-order valence-corrected chi connectivity index (χ0v) is 12.0. The summed E-state index contributed by atoms with van der Waals surface area (Å²) in [7, 11) is 0. The van der Waals surface area contributed by atoms with Gasteiger partial charge in [-0.25, -0.2) is 9.78 Å². The zero-order chi connectivity index (χ0) is 15.5. The number of halogens is 1. The smallest absolute Gasteiger partial charge is 0.340 e. The van der Waals surface area contributed by atoms with Crippen LogP contribution in [-0.2, 0) is 4.74 Å². The molecule has 112 valence electrons. The van der Waals surface area contributed by atoms with Gasteiger partial charge in [-0.15, -0.1) is 0 Å². The molecule has 0 aliphatic carbocycles. The van der Waals surface area contributed by atoms with Gasteiger partial charge in [-0.2, -0.15) is 0 Å². The number of fused-ring (bicyclic) bond motifs is 1. The van der Waals surface area contributed by atoms with Gasteiger partial charge in [-0.05, 0) is 30.3 Å². The summed E-state index contributed by atoms with van der Waals surface area (Å²) in [6.45, 7) is -0.243. The average Bonchev–Trinajstić information content (AvgIpc) is 3.00. The summed E-state index contributed by atoms with van der Waals surface area (Å²) in [6, 6.07) is 7.73. The summed E-state index contributed by atoms with van der Waals surface area (Å²) in [6.07, 6.45) is 1.29. The molecule has 0 N–H and O–H groups in total. The summed E-state index contributed by atoms with van der Waals surface area (Å²) in [5, 5.41) is 0.271. The molecule has 0 saturated carbocycles. The molecule has 1 aromatic heterocycles. The van der Waals surface area contributed by atoms with Gasteiger partial charge in [-0.3, -0.25) is 4.79 Å². The quantitative estimate of drug-likeness (QED) is 0.489. The molecule has 2 aromatic rings. The number of benzene rings is 1. The largest absolute Gasteiger partial charge is 0.454 e. The fourth-order valence-corrected chi connectivity index (χ4v) is 1.98. The first kappa shape index (κ1) is 14.3. The minimum absolute atomic E-state index is 0.130. The minimum Gasteiger partial charge on any atom is -0.454 e. The van der Waals surface area contributed by atoms with Crippen LogP contribution in [0.15, 0.2) is 36.5 Å². The van der Waals surface area contributed by atoms with Crippen LogP contribution in [0.1, 0.15) is 20.7 Å². The first-order valence-corrected chi connectivity index (χ1v) is 6.73. The van der Waals surface area contributed by atoms with E-state index in [0.717, 1.165) is 0 Å². The maximum absolute atomic E-state index is 12.0. The predicted octanol–water partition coefficient (Wildman–Crippen LogP) is 2.50. The number of pyridine rings is 1. The van der Waals surface area contributed by atoms with E-state index in [0.29, 0.717) is 17.1 Å². The average molecular weight is 320 g/mol. The van der Waals surface area contributed by atoms with Crippen LogP contribution < -0.4 is 9.47 Å². The molecule has 0 spiro atoms. The number of nitrogens with zero attached hydrogens (tertiary/aromatic N) is 1. The number of hydrogen-bond donors (Lipinski definition) is 0. The Balaban J connectivity index is 1.62. The lowest BCUT2D eigenvalue weighted by Crippen LogP contribution is -2.14. The highest BCUT2D eigenvalue weighted by Crippen LogP contribution is 2.32. The molecule has 3 rings (SSSR count). The van der Waals surface area contributed by atoms with Gasteiger partial charge in [0.25, 0.3) is 0 Å². The fourth-order valence-electron chi connectivity index (χ4n) is 1.86. The Bertz CT molecular complexity index is 729. The number of ether oxygens (including phenoxy) is 3. The van der Waals surface area contributed by atoms with E-state index in [-0.39, 0.29) is 29.9 Å². The van der Waals surface area contributed by atoms with E-state index in [2.05, 4.69) is 4.98 Å². The molecule has 0 fully saturated rings. The van der Waals surface area contributed by atoms with E-state index < -0.39 is 5.97 Å². The Kier molecular flexibility index (Phi) is 3.93. The topological polar surface area (TPSA) is 74.7 Å².